The molecule has 0 atom stereocenters. The third kappa shape index (κ3) is 5.05. The van der Waals surface area contributed by atoms with Gasteiger partial charge in [0.15, 0.2) is 0 Å². The van der Waals surface area contributed by atoms with Crippen LogP contribution in [-0.4, -0.2) is 0 Å². The van der Waals surface area contributed by atoms with Gasteiger partial charge >= 0.3 is 0 Å². The summed E-state index contributed by atoms with van der Waals surface area (Å²) >= 11 is 1.87. The number of hydrogen-bond acceptors (Lipinski definition) is 2. The number of anilines is 3. The van der Waals surface area contributed by atoms with E-state index in [0.717, 1.165) is 11.4 Å². The molecule has 0 N–H and O–H groups in total. The molecule has 8 aromatic carbocycles. The fourth-order valence-electron chi connectivity index (χ4n) is 8.64. The van der Waals surface area contributed by atoms with Gasteiger partial charge in [-0.15, -0.1) is 11.3 Å². The van der Waals surface area contributed by atoms with E-state index < -0.39 is 0 Å². The van der Waals surface area contributed by atoms with Crippen LogP contribution < -0.4 is 4.90 Å². The summed E-state index contributed by atoms with van der Waals surface area (Å²) in [5, 5.41) is 2.56. The molecular weight excluding hydrogens is 659 g/mol. The van der Waals surface area contributed by atoms with E-state index in [9.17, 15) is 0 Å². The van der Waals surface area contributed by atoms with E-state index >= 15 is 0 Å². The average Bonchev–Trinajstić information content (AvgIpc) is 3.71. The van der Waals surface area contributed by atoms with E-state index in [0.29, 0.717) is 0 Å². The topological polar surface area (TPSA) is 3.24 Å². The highest BCUT2D eigenvalue weighted by Gasteiger charge is 2.36. The Hall–Kier alpha value is -6.22. The molecule has 0 fully saturated rings. The number of benzene rings is 8. The molecule has 1 aliphatic carbocycles. The zero-order valence-electron chi connectivity index (χ0n) is 29.8. The van der Waals surface area contributed by atoms with Crippen LogP contribution in [0.25, 0.3) is 64.7 Å². The second-order valence-corrected chi connectivity index (χ2v) is 15.5. The van der Waals surface area contributed by atoms with Gasteiger partial charge in [0.2, 0.25) is 0 Å². The summed E-state index contributed by atoms with van der Waals surface area (Å²) in [5.74, 6) is 0. The molecule has 0 bridgehead atoms. The first-order chi connectivity index (χ1) is 26.1. The quantitative estimate of drug-likeness (QED) is 0.167. The normalized spacial score (nSPS) is 12.9. The van der Waals surface area contributed by atoms with E-state index in [1.807, 2.05) is 11.3 Å². The fourth-order valence-corrected chi connectivity index (χ4v) is 9.76. The number of thiophene rings is 1. The standard InChI is InChI=1S/C51H37NS/c1-51(2)43-26-13-11-22-39(43)42-33-36(31-32-44(42)51)52(46-28-16-30-48-50(46)41-24-12-14-29-47(41)53-48)45-27-15-25-38(35-19-7-4-8-20-35)49(45)40-23-10-9-21-37(40)34-17-5-3-6-18-34/h3-33H,1-2H3. The number of rotatable bonds is 6. The molecular formula is C51H37NS. The number of hydrogen-bond donors (Lipinski definition) is 0. The molecule has 0 unspecified atom stereocenters. The molecule has 1 nitrogen and oxygen atoms in total. The Morgan fingerprint density at radius 1 is 0.415 bits per heavy atom. The predicted molar refractivity (Wildman–Crippen MR) is 228 cm³/mol. The Bertz CT molecular complexity index is 2810. The first-order valence-corrected chi connectivity index (χ1v) is 19.2. The van der Waals surface area contributed by atoms with Crippen LogP contribution in [0.1, 0.15) is 25.0 Å². The summed E-state index contributed by atoms with van der Waals surface area (Å²) in [6.45, 7) is 4.71. The second kappa shape index (κ2) is 12.5. The first-order valence-electron chi connectivity index (χ1n) is 18.4. The van der Waals surface area contributed by atoms with E-state index in [4.69, 9.17) is 0 Å². The predicted octanol–water partition coefficient (Wildman–Crippen LogP) is 14.8. The Morgan fingerprint density at radius 3 is 1.77 bits per heavy atom. The lowest BCUT2D eigenvalue weighted by atomic mass is 9.82. The molecule has 1 aliphatic rings. The van der Waals surface area contributed by atoms with Crippen LogP contribution in [-0.2, 0) is 5.41 Å². The van der Waals surface area contributed by atoms with Crippen molar-refractivity contribution in [3.8, 4) is 44.5 Å². The molecule has 0 radical (unpaired) electrons. The summed E-state index contributed by atoms with van der Waals surface area (Å²) in [6, 6.07) is 69.2. The average molecular weight is 696 g/mol. The molecule has 0 spiro atoms. The number of fused-ring (bicyclic) bond motifs is 6. The van der Waals surface area contributed by atoms with Crippen molar-refractivity contribution in [1.29, 1.82) is 0 Å². The van der Waals surface area contributed by atoms with E-state index in [1.165, 1.54) is 81.5 Å². The molecule has 0 amide bonds. The highest BCUT2D eigenvalue weighted by Crippen LogP contribution is 2.54. The van der Waals surface area contributed by atoms with Crippen molar-refractivity contribution >= 4 is 48.6 Å². The minimum atomic E-state index is -0.0775. The Labute approximate surface area is 315 Å². The van der Waals surface area contributed by atoms with Crippen molar-refractivity contribution in [2.45, 2.75) is 19.3 Å². The SMILES string of the molecule is CC1(C)c2ccccc2-c2cc(N(c3cccc(-c4ccccc4)c3-c3ccccc3-c3ccccc3)c3cccc4sc5ccccc5c34)ccc21. The van der Waals surface area contributed by atoms with Crippen molar-refractivity contribution in [3.63, 3.8) is 0 Å². The van der Waals surface area contributed by atoms with Gasteiger partial charge in [-0.2, -0.15) is 0 Å². The summed E-state index contributed by atoms with van der Waals surface area (Å²) in [5.41, 5.74) is 16.0. The second-order valence-electron chi connectivity index (χ2n) is 14.5. The van der Waals surface area contributed by atoms with Crippen molar-refractivity contribution in [2.24, 2.45) is 0 Å². The summed E-state index contributed by atoms with van der Waals surface area (Å²) < 4.78 is 2.58. The van der Waals surface area contributed by atoms with Crippen LogP contribution in [0.3, 0.4) is 0 Å². The van der Waals surface area contributed by atoms with E-state index in [-0.39, 0.29) is 5.41 Å². The monoisotopic (exact) mass is 695 g/mol. The van der Waals surface area contributed by atoms with Gasteiger partial charge in [-0.3, -0.25) is 0 Å². The first kappa shape index (κ1) is 31.5. The third-order valence-electron chi connectivity index (χ3n) is 11.1. The molecule has 9 aromatic rings. The molecule has 1 heterocycles. The van der Waals surface area contributed by atoms with Gasteiger partial charge < -0.3 is 4.90 Å². The van der Waals surface area contributed by atoms with Crippen molar-refractivity contribution in [2.75, 3.05) is 4.90 Å². The summed E-state index contributed by atoms with van der Waals surface area (Å²) in [7, 11) is 0. The molecule has 0 saturated carbocycles. The smallest absolute Gasteiger partial charge is 0.0555 e. The van der Waals surface area contributed by atoms with Gasteiger partial charge in [0.05, 0.1) is 11.4 Å². The molecule has 1 aromatic heterocycles. The van der Waals surface area contributed by atoms with E-state index in [2.05, 4.69) is 207 Å². The maximum Gasteiger partial charge on any atom is 0.0555 e. The van der Waals surface area contributed by atoms with Crippen molar-refractivity contribution < 1.29 is 0 Å². The van der Waals surface area contributed by atoms with Gasteiger partial charge in [-0.1, -0.05) is 166 Å². The molecule has 10 rings (SSSR count). The third-order valence-corrected chi connectivity index (χ3v) is 12.2. The van der Waals surface area contributed by atoms with Gasteiger partial charge in [0.1, 0.15) is 0 Å². The molecule has 2 heteroatoms. The lowest BCUT2D eigenvalue weighted by Gasteiger charge is -2.31. The molecule has 252 valence electrons. The Morgan fingerprint density at radius 2 is 0.981 bits per heavy atom. The molecule has 0 saturated heterocycles. The van der Waals surface area contributed by atoms with Crippen LogP contribution >= 0.6 is 11.3 Å². The highest BCUT2D eigenvalue weighted by molar-refractivity contribution is 7.26. The largest absolute Gasteiger partial charge is 0.309 e. The zero-order valence-corrected chi connectivity index (χ0v) is 30.6. The van der Waals surface area contributed by atoms with Crippen LogP contribution in [0, 0.1) is 0 Å². The summed E-state index contributed by atoms with van der Waals surface area (Å²) in [4.78, 5) is 2.54. The Kier molecular flexibility index (Phi) is 7.42. The minimum absolute atomic E-state index is 0.0775. The lowest BCUT2D eigenvalue weighted by Crippen LogP contribution is -2.16. The molecule has 0 aliphatic heterocycles. The van der Waals surface area contributed by atoms with Gasteiger partial charge in [-0.05, 0) is 86.5 Å². The van der Waals surface area contributed by atoms with E-state index in [1.54, 1.807) is 0 Å². The maximum atomic E-state index is 2.54. The lowest BCUT2D eigenvalue weighted by molar-refractivity contribution is 0.660. The zero-order chi connectivity index (χ0) is 35.5. The van der Waals surface area contributed by atoms with Crippen LogP contribution in [0.5, 0.6) is 0 Å². The Balaban J connectivity index is 1.33. The fraction of sp³-hybridized carbons (Fsp3) is 0.0588. The number of nitrogens with zero attached hydrogens (tertiary/aromatic N) is 1. The maximum absolute atomic E-state index is 2.54. The van der Waals surface area contributed by atoms with Crippen LogP contribution in [0.4, 0.5) is 17.1 Å². The van der Waals surface area contributed by atoms with Crippen LogP contribution in [0.15, 0.2) is 188 Å². The summed E-state index contributed by atoms with van der Waals surface area (Å²) in [6.07, 6.45) is 0. The highest BCUT2D eigenvalue weighted by atomic mass is 32.1. The van der Waals surface area contributed by atoms with Gasteiger partial charge in [0.25, 0.3) is 0 Å². The van der Waals surface area contributed by atoms with Gasteiger partial charge in [0, 0.05) is 36.8 Å². The minimum Gasteiger partial charge on any atom is -0.309 e. The molecule has 53 heavy (non-hydrogen) atoms. The van der Waals surface area contributed by atoms with Crippen molar-refractivity contribution in [3.05, 3.63) is 199 Å². The van der Waals surface area contributed by atoms with Crippen molar-refractivity contribution in [1.82, 2.24) is 0 Å². The van der Waals surface area contributed by atoms with Gasteiger partial charge in [-0.25, -0.2) is 0 Å². The van der Waals surface area contributed by atoms with Crippen LogP contribution in [0.2, 0.25) is 0 Å².